The molecule has 0 heterocycles. The van der Waals surface area contributed by atoms with Gasteiger partial charge in [-0.3, -0.25) is 4.79 Å². The zero-order valence-corrected chi connectivity index (χ0v) is 16.0. The maximum atomic E-state index is 11.6. The fraction of sp³-hybridized carbons (Fsp3) is 0.364. The van der Waals surface area contributed by atoms with E-state index in [1.54, 1.807) is 0 Å². The number of hydrogen-bond donors (Lipinski definition) is 0. The van der Waals surface area contributed by atoms with Crippen LogP contribution in [0.1, 0.15) is 17.5 Å². The molecule has 0 bridgehead atoms. The van der Waals surface area contributed by atoms with Crippen LogP contribution in [0.25, 0.3) is 0 Å². The number of aldehydes is 1. The van der Waals surface area contributed by atoms with Crippen molar-refractivity contribution >= 4 is 12.3 Å². The third kappa shape index (κ3) is 8.00. The van der Waals surface area contributed by atoms with Crippen LogP contribution >= 0.6 is 0 Å². The number of ether oxygens (including phenoxy) is 4. The Morgan fingerprint density at radius 2 is 1.50 bits per heavy atom. The highest BCUT2D eigenvalue weighted by Gasteiger charge is 2.23. The van der Waals surface area contributed by atoms with Crippen molar-refractivity contribution in [2.45, 2.75) is 31.8 Å². The van der Waals surface area contributed by atoms with Gasteiger partial charge >= 0.3 is 5.97 Å². The molecule has 0 fully saturated rings. The summed E-state index contributed by atoms with van der Waals surface area (Å²) in [6.45, 7) is 0.923. The number of benzene rings is 2. The summed E-state index contributed by atoms with van der Waals surface area (Å²) >= 11 is 0. The van der Waals surface area contributed by atoms with Gasteiger partial charge in [0.15, 0.2) is 6.29 Å². The van der Waals surface area contributed by atoms with Gasteiger partial charge in [-0.15, -0.1) is 0 Å². The van der Waals surface area contributed by atoms with Gasteiger partial charge in [0.25, 0.3) is 0 Å². The van der Waals surface area contributed by atoms with Gasteiger partial charge in [-0.05, 0) is 11.1 Å². The first-order chi connectivity index (χ1) is 13.7. The smallest absolute Gasteiger partial charge is 0.307 e. The molecular formula is C22H26O6. The second-order valence-corrected chi connectivity index (χ2v) is 6.13. The molecule has 0 aliphatic heterocycles. The molecular weight excluding hydrogens is 360 g/mol. The van der Waals surface area contributed by atoms with E-state index in [1.807, 2.05) is 60.7 Å². The molecule has 0 spiro atoms. The van der Waals surface area contributed by atoms with Crippen LogP contribution in [-0.4, -0.2) is 44.8 Å². The molecule has 2 aromatic carbocycles. The van der Waals surface area contributed by atoms with E-state index in [1.165, 1.54) is 7.11 Å². The minimum absolute atomic E-state index is 0.127. The minimum Gasteiger partial charge on any atom is -0.469 e. The van der Waals surface area contributed by atoms with Crippen LogP contribution in [0.15, 0.2) is 60.7 Å². The van der Waals surface area contributed by atoms with Crippen LogP contribution in [-0.2, 0) is 41.8 Å². The average Bonchev–Trinajstić information content (AvgIpc) is 2.75. The quantitative estimate of drug-likeness (QED) is 0.299. The van der Waals surface area contributed by atoms with E-state index >= 15 is 0 Å². The Labute approximate surface area is 165 Å². The van der Waals surface area contributed by atoms with E-state index in [9.17, 15) is 9.59 Å². The number of methoxy groups -OCH3 is 1. The van der Waals surface area contributed by atoms with Crippen LogP contribution in [0.3, 0.4) is 0 Å². The molecule has 1 unspecified atom stereocenters. The molecule has 2 aromatic rings. The fourth-order valence-corrected chi connectivity index (χ4v) is 2.47. The van der Waals surface area contributed by atoms with E-state index in [0.29, 0.717) is 6.61 Å². The summed E-state index contributed by atoms with van der Waals surface area (Å²) in [5.41, 5.74) is 1.94. The Balaban J connectivity index is 1.92. The highest BCUT2D eigenvalue weighted by molar-refractivity contribution is 5.69. The van der Waals surface area contributed by atoms with Crippen molar-refractivity contribution < 1.29 is 28.5 Å². The maximum absolute atomic E-state index is 11.6. The van der Waals surface area contributed by atoms with Gasteiger partial charge < -0.3 is 23.7 Å². The molecule has 0 aromatic heterocycles. The summed E-state index contributed by atoms with van der Waals surface area (Å²) in [6.07, 6.45) is -0.526. The van der Waals surface area contributed by atoms with Crippen LogP contribution < -0.4 is 0 Å². The first kappa shape index (κ1) is 21.8. The number of rotatable bonds is 13. The van der Waals surface area contributed by atoms with Crippen molar-refractivity contribution in [3.05, 3.63) is 71.8 Å². The lowest BCUT2D eigenvalue weighted by Crippen LogP contribution is -2.37. The Morgan fingerprint density at radius 1 is 0.929 bits per heavy atom. The second-order valence-electron chi connectivity index (χ2n) is 6.13. The van der Waals surface area contributed by atoms with Crippen LogP contribution in [0.4, 0.5) is 0 Å². The predicted molar refractivity (Wildman–Crippen MR) is 104 cm³/mol. The summed E-state index contributed by atoms with van der Waals surface area (Å²) in [5.74, 6) is -0.353. The van der Waals surface area contributed by atoms with Crippen molar-refractivity contribution in [1.82, 2.24) is 0 Å². The van der Waals surface area contributed by atoms with Crippen molar-refractivity contribution in [2.75, 3.05) is 20.3 Å². The lowest BCUT2D eigenvalue weighted by atomic mass is 10.2. The maximum Gasteiger partial charge on any atom is 0.307 e. The highest BCUT2D eigenvalue weighted by Crippen LogP contribution is 2.11. The normalized spacial score (nSPS) is 12.9. The molecule has 6 heteroatoms. The number of carbonyl (C=O) groups excluding carboxylic acids is 2. The van der Waals surface area contributed by atoms with Gasteiger partial charge in [0, 0.05) is 0 Å². The van der Waals surface area contributed by atoms with Crippen molar-refractivity contribution in [1.29, 1.82) is 0 Å². The molecule has 28 heavy (non-hydrogen) atoms. The van der Waals surface area contributed by atoms with Gasteiger partial charge in [0.2, 0.25) is 0 Å². The van der Waals surface area contributed by atoms with Crippen molar-refractivity contribution in [2.24, 2.45) is 0 Å². The van der Waals surface area contributed by atoms with Crippen LogP contribution in [0, 0.1) is 0 Å². The van der Waals surface area contributed by atoms with Crippen LogP contribution in [0.5, 0.6) is 0 Å². The van der Waals surface area contributed by atoms with Crippen LogP contribution in [0.2, 0.25) is 0 Å². The average molecular weight is 386 g/mol. The second kappa shape index (κ2) is 12.8. The van der Waals surface area contributed by atoms with E-state index in [-0.39, 0.29) is 32.2 Å². The predicted octanol–water partition coefficient (Wildman–Crippen LogP) is 2.94. The third-order valence-electron chi connectivity index (χ3n) is 4.05. The molecule has 0 radical (unpaired) electrons. The Morgan fingerprint density at radius 3 is 2.04 bits per heavy atom. The first-order valence-electron chi connectivity index (χ1n) is 9.14. The molecule has 0 aliphatic carbocycles. The first-order valence-corrected chi connectivity index (χ1v) is 9.14. The summed E-state index contributed by atoms with van der Waals surface area (Å²) in [5, 5.41) is 0. The Bertz CT molecular complexity index is 689. The topological polar surface area (TPSA) is 71.1 Å². The molecule has 150 valence electrons. The van der Waals surface area contributed by atoms with Crippen molar-refractivity contribution in [3.63, 3.8) is 0 Å². The molecule has 2 atom stereocenters. The summed E-state index contributed by atoms with van der Waals surface area (Å²) in [6, 6.07) is 19.2. The van der Waals surface area contributed by atoms with Gasteiger partial charge in [0.1, 0.15) is 12.2 Å². The number of carbonyl (C=O) groups is 2. The minimum atomic E-state index is -0.790. The standard InChI is InChI=1S/C22H26O6/c1-25-22(24)12-13-26-17-21(28-16-19-10-6-3-7-11-19)20(14-23)27-15-18-8-4-2-5-9-18/h2-11,14,20-21H,12-13,15-17H2,1H3/t20-,21?/m0/s1. The summed E-state index contributed by atoms with van der Waals surface area (Å²) in [7, 11) is 1.33. The van der Waals surface area contributed by atoms with Gasteiger partial charge in [0.05, 0.1) is 40.0 Å². The van der Waals surface area contributed by atoms with E-state index < -0.39 is 12.2 Å². The van der Waals surface area contributed by atoms with Gasteiger partial charge in [-0.2, -0.15) is 0 Å². The summed E-state index contributed by atoms with van der Waals surface area (Å²) < 4.78 is 21.8. The molecule has 6 nitrogen and oxygen atoms in total. The molecule has 0 saturated carbocycles. The molecule has 0 aliphatic rings. The van der Waals surface area contributed by atoms with Gasteiger partial charge in [-0.25, -0.2) is 0 Å². The monoisotopic (exact) mass is 386 g/mol. The number of hydrogen-bond acceptors (Lipinski definition) is 6. The lowest BCUT2D eigenvalue weighted by Gasteiger charge is -2.24. The largest absolute Gasteiger partial charge is 0.469 e. The zero-order valence-electron chi connectivity index (χ0n) is 16.0. The molecule has 2 rings (SSSR count). The highest BCUT2D eigenvalue weighted by atomic mass is 16.6. The van der Waals surface area contributed by atoms with Gasteiger partial charge in [-0.1, -0.05) is 60.7 Å². The molecule has 0 N–H and O–H groups in total. The Hall–Kier alpha value is -2.54. The van der Waals surface area contributed by atoms with E-state index in [2.05, 4.69) is 4.74 Å². The fourth-order valence-electron chi connectivity index (χ4n) is 2.47. The Kier molecular flexibility index (Phi) is 9.93. The molecule has 0 saturated heterocycles. The molecule has 0 amide bonds. The van der Waals surface area contributed by atoms with E-state index in [4.69, 9.17) is 14.2 Å². The number of esters is 1. The summed E-state index contributed by atoms with van der Waals surface area (Å²) in [4.78, 5) is 22.8. The SMILES string of the molecule is COC(=O)CCOCC(OCc1ccccc1)[C@H](C=O)OCc1ccccc1. The van der Waals surface area contributed by atoms with E-state index in [0.717, 1.165) is 17.4 Å². The third-order valence-corrected chi connectivity index (χ3v) is 4.05. The lowest BCUT2D eigenvalue weighted by molar-refractivity contribution is -0.146. The van der Waals surface area contributed by atoms with Crippen molar-refractivity contribution in [3.8, 4) is 0 Å². The zero-order chi connectivity index (χ0) is 20.0.